The number of aliphatic hydroxyl groups excluding tert-OH is 1. The average Bonchev–Trinajstić information content (AvgIpc) is 3.42. The summed E-state index contributed by atoms with van der Waals surface area (Å²) in [4.78, 5) is 30.7. The lowest BCUT2D eigenvalue weighted by atomic mass is 9.99. The van der Waals surface area contributed by atoms with Gasteiger partial charge in [-0.15, -0.1) is 11.3 Å². The number of morpholine rings is 1. The molecule has 2 aliphatic heterocycles. The van der Waals surface area contributed by atoms with Gasteiger partial charge in [0.15, 0.2) is 0 Å². The number of amides is 1. The van der Waals surface area contributed by atoms with Crippen molar-refractivity contribution in [3.05, 3.63) is 57.8 Å². The lowest BCUT2D eigenvalue weighted by Gasteiger charge is -2.28. The Balaban J connectivity index is 1.63. The van der Waals surface area contributed by atoms with E-state index in [4.69, 9.17) is 9.47 Å². The topological polar surface area (TPSA) is 79.3 Å². The Morgan fingerprint density at radius 3 is 2.71 bits per heavy atom. The number of ketones is 1. The van der Waals surface area contributed by atoms with Gasteiger partial charge in [-0.25, -0.2) is 0 Å². The molecule has 0 radical (unpaired) electrons. The molecule has 4 rings (SSSR count). The first-order valence-corrected chi connectivity index (χ1v) is 11.2. The molecule has 0 unspecified atom stereocenters. The number of methoxy groups -OCH3 is 1. The summed E-state index contributed by atoms with van der Waals surface area (Å²) >= 11 is 1.47. The van der Waals surface area contributed by atoms with E-state index in [1.165, 1.54) is 18.4 Å². The van der Waals surface area contributed by atoms with Gasteiger partial charge in [0, 0.05) is 36.6 Å². The van der Waals surface area contributed by atoms with Gasteiger partial charge in [0.25, 0.3) is 11.7 Å². The second-order valence-electron chi connectivity index (χ2n) is 7.55. The van der Waals surface area contributed by atoms with Crippen LogP contribution in [0, 0.1) is 0 Å². The molecule has 2 aromatic rings. The van der Waals surface area contributed by atoms with Crippen LogP contribution in [0.1, 0.15) is 22.9 Å². The summed E-state index contributed by atoms with van der Waals surface area (Å²) in [5.74, 6) is -0.822. The van der Waals surface area contributed by atoms with Gasteiger partial charge in [0.05, 0.1) is 31.9 Å². The third-order valence-corrected chi connectivity index (χ3v) is 6.60. The summed E-state index contributed by atoms with van der Waals surface area (Å²) in [6.07, 6.45) is 0.744. The Bertz CT molecular complexity index is 966. The summed E-state index contributed by atoms with van der Waals surface area (Å²) in [5.41, 5.74) is 0.583. The molecule has 1 aromatic carbocycles. The molecule has 2 saturated heterocycles. The Hall–Kier alpha value is -2.68. The van der Waals surface area contributed by atoms with Crippen LogP contribution in [0.5, 0.6) is 5.75 Å². The van der Waals surface area contributed by atoms with Crippen molar-refractivity contribution in [2.24, 2.45) is 0 Å². The van der Waals surface area contributed by atoms with Crippen molar-refractivity contribution in [1.82, 2.24) is 9.80 Å². The number of aliphatic hydroxyl groups is 1. The minimum absolute atomic E-state index is 0.132. The van der Waals surface area contributed by atoms with Gasteiger partial charge in [0.2, 0.25) is 0 Å². The molecule has 1 atom stereocenters. The number of hydrogen-bond donors (Lipinski definition) is 1. The summed E-state index contributed by atoms with van der Waals surface area (Å²) < 4.78 is 10.6. The number of likely N-dealkylation sites (tertiary alicyclic amines) is 1. The number of benzene rings is 1. The number of hydrogen-bond acceptors (Lipinski definition) is 7. The highest BCUT2D eigenvalue weighted by molar-refractivity contribution is 7.10. The van der Waals surface area contributed by atoms with E-state index in [9.17, 15) is 14.7 Å². The highest BCUT2D eigenvalue weighted by atomic mass is 32.1. The summed E-state index contributed by atoms with van der Waals surface area (Å²) in [6, 6.07) is 10.1. The van der Waals surface area contributed by atoms with E-state index in [0.717, 1.165) is 44.1 Å². The normalized spacial score (nSPS) is 21.6. The number of carbonyl (C=O) groups is 2. The molecule has 2 fully saturated rings. The quantitative estimate of drug-likeness (QED) is 0.404. The Kier molecular flexibility index (Phi) is 6.70. The van der Waals surface area contributed by atoms with E-state index in [0.29, 0.717) is 17.9 Å². The van der Waals surface area contributed by atoms with Crippen molar-refractivity contribution in [2.75, 3.05) is 46.5 Å². The van der Waals surface area contributed by atoms with Crippen LogP contribution in [-0.2, 0) is 14.3 Å². The molecule has 1 aromatic heterocycles. The zero-order valence-electron chi connectivity index (χ0n) is 17.5. The van der Waals surface area contributed by atoms with Crippen LogP contribution in [0.4, 0.5) is 0 Å². The highest BCUT2D eigenvalue weighted by Gasteiger charge is 2.46. The molecular formula is C23H26N2O5S. The van der Waals surface area contributed by atoms with Crippen LogP contribution in [0.2, 0.25) is 0 Å². The van der Waals surface area contributed by atoms with E-state index in [1.807, 2.05) is 17.5 Å². The van der Waals surface area contributed by atoms with E-state index in [-0.39, 0.29) is 11.3 Å². The fraction of sp³-hybridized carbons (Fsp3) is 0.391. The smallest absolute Gasteiger partial charge is 0.295 e. The number of ether oxygens (including phenoxy) is 2. The molecule has 3 heterocycles. The van der Waals surface area contributed by atoms with Crippen LogP contribution >= 0.6 is 11.3 Å². The maximum absolute atomic E-state index is 13.0. The molecule has 0 spiro atoms. The SMILES string of the molecule is COc1cccc(C(O)=C2C(=O)C(=O)N(CCCN3CCOCC3)[C@@H]2c2cccs2)c1. The van der Waals surface area contributed by atoms with Gasteiger partial charge in [-0.05, 0) is 30.0 Å². The van der Waals surface area contributed by atoms with Crippen molar-refractivity contribution in [3.8, 4) is 5.75 Å². The fourth-order valence-electron chi connectivity index (χ4n) is 4.07. The van der Waals surface area contributed by atoms with Gasteiger partial charge in [-0.3, -0.25) is 14.5 Å². The second-order valence-corrected chi connectivity index (χ2v) is 8.53. The average molecular weight is 443 g/mol. The molecule has 0 bridgehead atoms. The minimum Gasteiger partial charge on any atom is -0.507 e. The van der Waals surface area contributed by atoms with Gasteiger partial charge < -0.3 is 19.5 Å². The number of Topliss-reactive ketones (excluding diaryl/α,β-unsaturated/α-hetero) is 1. The molecular weight excluding hydrogens is 416 g/mol. The molecule has 1 N–H and O–H groups in total. The molecule has 0 aliphatic carbocycles. The van der Waals surface area contributed by atoms with E-state index in [2.05, 4.69) is 4.90 Å². The summed E-state index contributed by atoms with van der Waals surface area (Å²) in [7, 11) is 1.54. The van der Waals surface area contributed by atoms with Crippen molar-refractivity contribution < 1.29 is 24.2 Å². The van der Waals surface area contributed by atoms with Crippen molar-refractivity contribution >= 4 is 28.8 Å². The maximum atomic E-state index is 13.0. The van der Waals surface area contributed by atoms with E-state index in [1.54, 1.807) is 29.2 Å². The zero-order valence-corrected chi connectivity index (χ0v) is 18.3. The molecule has 8 heteroatoms. The first-order chi connectivity index (χ1) is 15.1. The number of nitrogens with zero attached hydrogens (tertiary/aromatic N) is 2. The van der Waals surface area contributed by atoms with Crippen LogP contribution in [0.25, 0.3) is 5.76 Å². The first kappa shape index (κ1) is 21.5. The van der Waals surface area contributed by atoms with Crippen LogP contribution < -0.4 is 4.74 Å². The predicted octanol–water partition coefficient (Wildman–Crippen LogP) is 2.90. The summed E-state index contributed by atoms with van der Waals surface area (Å²) in [6.45, 7) is 4.48. The predicted molar refractivity (Wildman–Crippen MR) is 118 cm³/mol. The van der Waals surface area contributed by atoms with Gasteiger partial charge in [0.1, 0.15) is 11.5 Å². The number of rotatable bonds is 7. The van der Waals surface area contributed by atoms with Crippen LogP contribution in [0.3, 0.4) is 0 Å². The fourth-order valence-corrected chi connectivity index (χ4v) is 4.91. The molecule has 7 nitrogen and oxygen atoms in total. The molecule has 2 aliphatic rings. The molecule has 31 heavy (non-hydrogen) atoms. The summed E-state index contributed by atoms with van der Waals surface area (Å²) in [5, 5.41) is 13.0. The Labute approximate surface area is 185 Å². The minimum atomic E-state index is -0.648. The van der Waals surface area contributed by atoms with Crippen molar-refractivity contribution in [2.45, 2.75) is 12.5 Å². The van der Waals surface area contributed by atoms with Crippen molar-refractivity contribution in [3.63, 3.8) is 0 Å². The zero-order chi connectivity index (χ0) is 21.8. The van der Waals surface area contributed by atoms with Gasteiger partial charge in [-0.2, -0.15) is 0 Å². The Morgan fingerprint density at radius 1 is 1.19 bits per heavy atom. The number of carbonyl (C=O) groups excluding carboxylic acids is 2. The third kappa shape index (κ3) is 4.51. The molecule has 1 amide bonds. The number of thiophene rings is 1. The standard InChI is InChI=1S/C23H26N2O5S/c1-29-17-6-2-5-16(15-17)21(26)19-20(18-7-3-14-31-18)25(23(28)22(19)27)9-4-8-24-10-12-30-13-11-24/h2-3,5-7,14-15,20,26H,4,8-13H2,1H3/t20-/m1/s1. The van der Waals surface area contributed by atoms with Crippen LogP contribution in [0.15, 0.2) is 47.4 Å². The van der Waals surface area contributed by atoms with Gasteiger partial charge in [-0.1, -0.05) is 18.2 Å². The lowest BCUT2D eigenvalue weighted by Crippen LogP contribution is -2.38. The largest absolute Gasteiger partial charge is 0.507 e. The van der Waals surface area contributed by atoms with Crippen molar-refractivity contribution in [1.29, 1.82) is 0 Å². The molecule has 164 valence electrons. The monoisotopic (exact) mass is 442 g/mol. The lowest BCUT2D eigenvalue weighted by molar-refractivity contribution is -0.140. The van der Waals surface area contributed by atoms with E-state index >= 15 is 0 Å². The van der Waals surface area contributed by atoms with Gasteiger partial charge >= 0.3 is 0 Å². The van der Waals surface area contributed by atoms with Crippen LogP contribution in [-0.4, -0.2) is 73.1 Å². The van der Waals surface area contributed by atoms with E-state index < -0.39 is 17.7 Å². The highest BCUT2D eigenvalue weighted by Crippen LogP contribution is 2.41. The third-order valence-electron chi connectivity index (χ3n) is 5.67. The second kappa shape index (κ2) is 9.64. The molecule has 0 saturated carbocycles. The first-order valence-electron chi connectivity index (χ1n) is 10.4. The Morgan fingerprint density at radius 2 is 2.00 bits per heavy atom. The maximum Gasteiger partial charge on any atom is 0.295 e.